The highest BCUT2D eigenvalue weighted by Gasteiger charge is 2.38. The minimum absolute atomic E-state index is 0.410. The summed E-state index contributed by atoms with van der Waals surface area (Å²) in [5, 5.41) is 5.04. The molecule has 0 radical (unpaired) electrons. The van der Waals surface area contributed by atoms with Crippen LogP contribution in [0.5, 0.6) is 0 Å². The molecule has 1 aromatic carbocycles. The molecule has 0 amide bonds. The molecule has 1 aromatic rings. The number of benzene rings is 1. The first-order valence-corrected chi connectivity index (χ1v) is 7.41. The summed E-state index contributed by atoms with van der Waals surface area (Å²) in [6.45, 7) is 4.29. The predicted molar refractivity (Wildman–Crippen MR) is 76.4 cm³/mol. The fourth-order valence-corrected chi connectivity index (χ4v) is 3.50. The van der Waals surface area contributed by atoms with Gasteiger partial charge in [-0.25, -0.2) is 0 Å². The Labute approximate surface area is 118 Å². The fraction of sp³-hybridized carbons (Fsp3) is 0.571. The summed E-state index contributed by atoms with van der Waals surface area (Å²) in [7, 11) is 0. The lowest BCUT2D eigenvalue weighted by Gasteiger charge is -2.36. The average molecular weight is 285 g/mol. The van der Waals surface area contributed by atoms with Crippen molar-refractivity contribution in [3.63, 3.8) is 0 Å². The van der Waals surface area contributed by atoms with Crippen LogP contribution in [0.1, 0.15) is 24.4 Å². The summed E-state index contributed by atoms with van der Waals surface area (Å²) in [5.74, 6) is 0.737. The monoisotopic (exact) mass is 284 g/mol. The van der Waals surface area contributed by atoms with Crippen LogP contribution in [0.4, 0.5) is 0 Å². The van der Waals surface area contributed by atoms with Crippen molar-refractivity contribution in [2.24, 2.45) is 5.92 Å². The van der Waals surface area contributed by atoms with E-state index in [0.717, 1.165) is 47.7 Å². The number of rotatable bonds is 3. The standard InChI is InChI=1S/C14H18Cl2N2/c15-11-2-1-3-12(16)13(11)14(10-4-5-10)18-8-6-17-7-9-18/h1-3,10,14,17H,4-9H2/t14-/m1/s1. The zero-order valence-electron chi connectivity index (χ0n) is 10.3. The summed E-state index contributed by atoms with van der Waals surface area (Å²) in [6, 6.07) is 6.25. The molecule has 0 unspecified atom stereocenters. The van der Waals surface area contributed by atoms with Crippen LogP contribution in [0.25, 0.3) is 0 Å². The number of nitrogens with zero attached hydrogens (tertiary/aromatic N) is 1. The Morgan fingerprint density at radius 2 is 1.72 bits per heavy atom. The first-order valence-electron chi connectivity index (χ1n) is 6.66. The highest BCUT2D eigenvalue weighted by atomic mass is 35.5. The Hall–Kier alpha value is -0.280. The van der Waals surface area contributed by atoms with E-state index in [1.165, 1.54) is 12.8 Å². The molecule has 1 heterocycles. The van der Waals surface area contributed by atoms with Crippen LogP contribution in [-0.2, 0) is 0 Å². The molecular formula is C14H18Cl2N2. The van der Waals surface area contributed by atoms with Gasteiger partial charge in [0.25, 0.3) is 0 Å². The molecule has 1 atom stereocenters. The van der Waals surface area contributed by atoms with E-state index in [-0.39, 0.29) is 0 Å². The third-order valence-corrected chi connectivity index (χ3v) is 4.57. The van der Waals surface area contributed by atoms with Gasteiger partial charge in [-0.3, -0.25) is 4.90 Å². The van der Waals surface area contributed by atoms with Crippen LogP contribution >= 0.6 is 23.2 Å². The van der Waals surface area contributed by atoms with Gasteiger partial charge in [-0.05, 0) is 30.9 Å². The molecule has 0 bridgehead atoms. The predicted octanol–water partition coefficient (Wildman–Crippen LogP) is 3.35. The smallest absolute Gasteiger partial charge is 0.0468 e. The van der Waals surface area contributed by atoms with Crippen LogP contribution in [-0.4, -0.2) is 31.1 Å². The van der Waals surface area contributed by atoms with Crippen LogP contribution in [0.2, 0.25) is 10.0 Å². The third-order valence-electron chi connectivity index (χ3n) is 3.91. The Morgan fingerprint density at radius 1 is 1.11 bits per heavy atom. The van der Waals surface area contributed by atoms with Crippen molar-refractivity contribution in [3.05, 3.63) is 33.8 Å². The molecule has 1 saturated carbocycles. The summed E-state index contributed by atoms with van der Waals surface area (Å²) < 4.78 is 0. The molecule has 2 nitrogen and oxygen atoms in total. The van der Waals surface area contributed by atoms with Gasteiger partial charge in [-0.15, -0.1) is 0 Å². The summed E-state index contributed by atoms with van der Waals surface area (Å²) >= 11 is 12.8. The topological polar surface area (TPSA) is 15.3 Å². The highest BCUT2D eigenvalue weighted by molar-refractivity contribution is 6.36. The zero-order valence-corrected chi connectivity index (χ0v) is 11.8. The maximum absolute atomic E-state index is 6.39. The second-order valence-corrected chi connectivity index (χ2v) is 6.02. The molecule has 2 aliphatic rings. The fourth-order valence-electron chi connectivity index (χ4n) is 2.88. The second kappa shape index (κ2) is 5.38. The third kappa shape index (κ3) is 2.53. The molecule has 18 heavy (non-hydrogen) atoms. The molecule has 1 saturated heterocycles. The lowest BCUT2D eigenvalue weighted by molar-refractivity contribution is 0.156. The maximum atomic E-state index is 6.39. The van der Waals surface area contributed by atoms with Gasteiger partial charge in [-0.1, -0.05) is 29.3 Å². The Morgan fingerprint density at radius 3 is 2.28 bits per heavy atom. The quantitative estimate of drug-likeness (QED) is 0.916. The van der Waals surface area contributed by atoms with E-state index in [9.17, 15) is 0 Å². The van der Waals surface area contributed by atoms with Gasteiger partial charge in [0.05, 0.1) is 0 Å². The Balaban J connectivity index is 1.93. The number of hydrogen-bond acceptors (Lipinski definition) is 2. The molecule has 98 valence electrons. The van der Waals surface area contributed by atoms with Crippen molar-refractivity contribution >= 4 is 23.2 Å². The van der Waals surface area contributed by atoms with Crippen molar-refractivity contribution in [1.29, 1.82) is 0 Å². The molecule has 1 aliphatic carbocycles. The van der Waals surface area contributed by atoms with Crippen molar-refractivity contribution < 1.29 is 0 Å². The highest BCUT2D eigenvalue weighted by Crippen LogP contribution is 2.48. The molecule has 1 aliphatic heterocycles. The SMILES string of the molecule is Clc1cccc(Cl)c1[C@@H](C1CC1)N1CCNCC1. The molecule has 2 fully saturated rings. The van der Waals surface area contributed by atoms with Gasteiger partial charge < -0.3 is 5.32 Å². The molecule has 4 heteroatoms. The largest absolute Gasteiger partial charge is 0.314 e. The van der Waals surface area contributed by atoms with Gasteiger partial charge in [0, 0.05) is 47.8 Å². The van der Waals surface area contributed by atoms with Crippen molar-refractivity contribution in [2.75, 3.05) is 26.2 Å². The van der Waals surface area contributed by atoms with E-state index in [0.29, 0.717) is 6.04 Å². The lowest BCUT2D eigenvalue weighted by Crippen LogP contribution is -2.45. The van der Waals surface area contributed by atoms with E-state index in [2.05, 4.69) is 10.2 Å². The van der Waals surface area contributed by atoms with Gasteiger partial charge in [0.15, 0.2) is 0 Å². The van der Waals surface area contributed by atoms with Gasteiger partial charge in [-0.2, -0.15) is 0 Å². The molecule has 1 N–H and O–H groups in total. The van der Waals surface area contributed by atoms with Gasteiger partial charge in [0.1, 0.15) is 0 Å². The minimum atomic E-state index is 0.410. The van der Waals surface area contributed by atoms with Crippen molar-refractivity contribution in [1.82, 2.24) is 10.2 Å². The van der Waals surface area contributed by atoms with Gasteiger partial charge >= 0.3 is 0 Å². The summed E-state index contributed by atoms with van der Waals surface area (Å²) in [4.78, 5) is 2.54. The average Bonchev–Trinajstić information content (AvgIpc) is 3.19. The number of halogens is 2. The Bertz CT molecular complexity index is 406. The maximum Gasteiger partial charge on any atom is 0.0468 e. The first kappa shape index (κ1) is 12.7. The zero-order chi connectivity index (χ0) is 12.5. The first-order chi connectivity index (χ1) is 8.77. The summed E-state index contributed by atoms with van der Waals surface area (Å²) in [5.41, 5.74) is 1.14. The van der Waals surface area contributed by atoms with Crippen LogP contribution in [0.3, 0.4) is 0 Å². The van der Waals surface area contributed by atoms with Crippen molar-refractivity contribution in [2.45, 2.75) is 18.9 Å². The van der Waals surface area contributed by atoms with E-state index in [1.54, 1.807) is 0 Å². The van der Waals surface area contributed by atoms with Crippen LogP contribution in [0.15, 0.2) is 18.2 Å². The van der Waals surface area contributed by atoms with E-state index >= 15 is 0 Å². The molecule has 3 rings (SSSR count). The molecule has 0 spiro atoms. The van der Waals surface area contributed by atoms with Crippen LogP contribution in [0, 0.1) is 5.92 Å². The second-order valence-electron chi connectivity index (χ2n) is 5.20. The Kier molecular flexibility index (Phi) is 3.81. The molecule has 0 aromatic heterocycles. The number of piperazine rings is 1. The normalized spacial score (nSPS) is 23.0. The number of hydrogen-bond donors (Lipinski definition) is 1. The summed E-state index contributed by atoms with van der Waals surface area (Å²) in [6.07, 6.45) is 2.60. The van der Waals surface area contributed by atoms with E-state index in [1.807, 2.05) is 18.2 Å². The molecular weight excluding hydrogens is 267 g/mol. The van der Waals surface area contributed by atoms with E-state index < -0.39 is 0 Å². The minimum Gasteiger partial charge on any atom is -0.314 e. The van der Waals surface area contributed by atoms with Crippen molar-refractivity contribution in [3.8, 4) is 0 Å². The van der Waals surface area contributed by atoms with Gasteiger partial charge in [0.2, 0.25) is 0 Å². The van der Waals surface area contributed by atoms with Crippen LogP contribution < -0.4 is 5.32 Å². The number of nitrogens with one attached hydrogen (secondary N) is 1. The van der Waals surface area contributed by atoms with E-state index in [4.69, 9.17) is 23.2 Å². The lowest BCUT2D eigenvalue weighted by atomic mass is 9.99.